The average molecular weight is 300 g/mol. The van der Waals surface area contributed by atoms with Gasteiger partial charge < -0.3 is 4.90 Å². The lowest BCUT2D eigenvalue weighted by atomic mass is 10.1. The van der Waals surface area contributed by atoms with Crippen LogP contribution in [0.25, 0.3) is 0 Å². The standard InChI is InChI=1S/C17H20N2O3/c1-2-6-15(20)18(13-9-10-13)14-11-16(21)19(17(14)22)12-7-4-3-5-8-12/h3-5,7-8,13-14H,2,6,9-11H2,1H3. The van der Waals surface area contributed by atoms with Crippen molar-refractivity contribution in [3.05, 3.63) is 30.3 Å². The van der Waals surface area contributed by atoms with Crippen molar-refractivity contribution >= 4 is 23.4 Å². The van der Waals surface area contributed by atoms with Crippen molar-refractivity contribution < 1.29 is 14.4 Å². The minimum absolute atomic E-state index is 0.00828. The summed E-state index contributed by atoms with van der Waals surface area (Å²) in [5, 5.41) is 0. The largest absolute Gasteiger partial charge is 0.327 e. The van der Waals surface area contributed by atoms with E-state index in [1.54, 1.807) is 29.2 Å². The van der Waals surface area contributed by atoms with Crippen molar-refractivity contribution in [2.45, 2.75) is 51.1 Å². The summed E-state index contributed by atoms with van der Waals surface area (Å²) < 4.78 is 0. The highest BCUT2D eigenvalue weighted by molar-refractivity contribution is 6.23. The number of hydrogen-bond donors (Lipinski definition) is 0. The number of benzene rings is 1. The van der Waals surface area contributed by atoms with E-state index in [4.69, 9.17) is 0 Å². The molecule has 1 unspecified atom stereocenters. The van der Waals surface area contributed by atoms with E-state index in [1.807, 2.05) is 13.0 Å². The van der Waals surface area contributed by atoms with Crippen molar-refractivity contribution in [1.82, 2.24) is 4.90 Å². The third-order valence-electron chi connectivity index (χ3n) is 4.17. The Bertz CT molecular complexity index is 595. The van der Waals surface area contributed by atoms with Crippen LogP contribution in [0.1, 0.15) is 39.0 Å². The minimum Gasteiger partial charge on any atom is -0.327 e. The normalized spacial score (nSPS) is 21.3. The zero-order valence-electron chi connectivity index (χ0n) is 12.7. The maximum atomic E-state index is 12.7. The van der Waals surface area contributed by atoms with Crippen LogP contribution in [0.4, 0.5) is 5.69 Å². The molecule has 5 nitrogen and oxygen atoms in total. The molecule has 1 aromatic rings. The molecule has 0 radical (unpaired) electrons. The molecule has 1 aromatic carbocycles. The molecular formula is C17H20N2O3. The van der Waals surface area contributed by atoms with Crippen molar-refractivity contribution in [1.29, 1.82) is 0 Å². The van der Waals surface area contributed by atoms with Gasteiger partial charge in [-0.1, -0.05) is 25.1 Å². The van der Waals surface area contributed by atoms with E-state index in [1.165, 1.54) is 4.90 Å². The Balaban J connectivity index is 1.85. The summed E-state index contributed by atoms with van der Waals surface area (Å²) >= 11 is 0. The fourth-order valence-electron chi connectivity index (χ4n) is 3.01. The van der Waals surface area contributed by atoms with Crippen LogP contribution in [0.2, 0.25) is 0 Å². The fourth-order valence-corrected chi connectivity index (χ4v) is 3.01. The van der Waals surface area contributed by atoms with Crippen LogP contribution in [-0.4, -0.2) is 34.7 Å². The number of carbonyl (C=O) groups excluding carboxylic acids is 3. The van der Waals surface area contributed by atoms with Gasteiger partial charge in [0.1, 0.15) is 6.04 Å². The van der Waals surface area contributed by atoms with Crippen LogP contribution in [0.5, 0.6) is 0 Å². The molecule has 116 valence electrons. The van der Waals surface area contributed by atoms with Gasteiger partial charge in [-0.25, -0.2) is 4.90 Å². The first-order chi connectivity index (χ1) is 10.6. The highest BCUT2D eigenvalue weighted by Gasteiger charge is 2.48. The van der Waals surface area contributed by atoms with Gasteiger partial charge in [-0.2, -0.15) is 0 Å². The van der Waals surface area contributed by atoms with Crippen LogP contribution in [-0.2, 0) is 14.4 Å². The molecule has 1 aliphatic heterocycles. The lowest BCUT2D eigenvalue weighted by Gasteiger charge is -2.27. The Hall–Kier alpha value is -2.17. The summed E-state index contributed by atoms with van der Waals surface area (Å²) in [6.45, 7) is 1.95. The monoisotopic (exact) mass is 300 g/mol. The summed E-state index contributed by atoms with van der Waals surface area (Å²) in [5.41, 5.74) is 0.582. The number of anilines is 1. The first-order valence-electron chi connectivity index (χ1n) is 7.86. The van der Waals surface area contributed by atoms with E-state index < -0.39 is 6.04 Å². The Kier molecular flexibility index (Phi) is 3.96. The number of rotatable bonds is 5. The van der Waals surface area contributed by atoms with E-state index in [2.05, 4.69) is 0 Å². The minimum atomic E-state index is -0.626. The molecule has 3 rings (SSSR count). The van der Waals surface area contributed by atoms with Crippen molar-refractivity contribution in [3.63, 3.8) is 0 Å². The highest BCUT2D eigenvalue weighted by Crippen LogP contribution is 2.34. The molecule has 2 fully saturated rings. The van der Waals surface area contributed by atoms with Gasteiger partial charge in [0.05, 0.1) is 12.1 Å². The average Bonchev–Trinajstić information content (AvgIpc) is 3.28. The number of nitrogens with zero attached hydrogens (tertiary/aromatic N) is 2. The fraction of sp³-hybridized carbons (Fsp3) is 0.471. The topological polar surface area (TPSA) is 57.7 Å². The van der Waals surface area contributed by atoms with Gasteiger partial charge in [0.2, 0.25) is 11.8 Å². The molecule has 1 atom stereocenters. The highest BCUT2D eigenvalue weighted by atomic mass is 16.2. The van der Waals surface area contributed by atoms with E-state index in [0.29, 0.717) is 12.1 Å². The lowest BCUT2D eigenvalue weighted by Crippen LogP contribution is -2.46. The van der Waals surface area contributed by atoms with Gasteiger partial charge in [-0.05, 0) is 31.4 Å². The molecule has 0 bridgehead atoms. The Labute approximate surface area is 129 Å². The molecule has 0 N–H and O–H groups in total. The second-order valence-corrected chi connectivity index (χ2v) is 5.91. The summed E-state index contributed by atoms with van der Waals surface area (Å²) in [6, 6.07) is 8.43. The quantitative estimate of drug-likeness (QED) is 0.783. The third kappa shape index (κ3) is 2.63. The maximum absolute atomic E-state index is 12.7. The first-order valence-corrected chi connectivity index (χ1v) is 7.86. The molecule has 22 heavy (non-hydrogen) atoms. The van der Waals surface area contributed by atoms with E-state index in [0.717, 1.165) is 19.3 Å². The summed E-state index contributed by atoms with van der Waals surface area (Å²) in [5.74, 6) is -0.505. The molecule has 0 spiro atoms. The second kappa shape index (κ2) is 5.91. The van der Waals surface area contributed by atoms with Crippen LogP contribution in [0, 0.1) is 0 Å². The molecule has 1 aliphatic carbocycles. The number of imide groups is 1. The van der Waals surface area contributed by atoms with Gasteiger partial charge in [0.15, 0.2) is 0 Å². The van der Waals surface area contributed by atoms with Crippen molar-refractivity contribution in [2.75, 3.05) is 4.90 Å². The SMILES string of the molecule is CCCC(=O)N(C1CC1)C1CC(=O)N(c2ccccc2)C1=O. The van der Waals surface area contributed by atoms with Gasteiger partial charge in [-0.3, -0.25) is 14.4 Å². The van der Waals surface area contributed by atoms with Crippen LogP contribution in [0.15, 0.2) is 30.3 Å². The molecule has 0 aromatic heterocycles. The van der Waals surface area contributed by atoms with Gasteiger partial charge in [0, 0.05) is 12.5 Å². The molecule has 3 amide bonds. The van der Waals surface area contributed by atoms with Crippen LogP contribution >= 0.6 is 0 Å². The van der Waals surface area contributed by atoms with Gasteiger partial charge in [-0.15, -0.1) is 0 Å². The molecule has 1 saturated carbocycles. The van der Waals surface area contributed by atoms with Crippen LogP contribution < -0.4 is 4.90 Å². The summed E-state index contributed by atoms with van der Waals surface area (Å²) in [4.78, 5) is 40.2. The molecule has 1 saturated heterocycles. The Morgan fingerprint density at radius 3 is 2.50 bits per heavy atom. The molecule has 1 heterocycles. The predicted octanol–water partition coefficient (Wildman–Crippen LogP) is 2.11. The molecular weight excluding hydrogens is 280 g/mol. The smallest absolute Gasteiger partial charge is 0.257 e. The van der Waals surface area contributed by atoms with Crippen molar-refractivity contribution in [2.24, 2.45) is 0 Å². The maximum Gasteiger partial charge on any atom is 0.257 e. The summed E-state index contributed by atoms with van der Waals surface area (Å²) in [6.07, 6.45) is 3.14. The molecule has 2 aliphatic rings. The predicted molar refractivity (Wildman–Crippen MR) is 82.1 cm³/mol. The first kappa shape index (κ1) is 14.8. The van der Waals surface area contributed by atoms with Gasteiger partial charge in [0.25, 0.3) is 5.91 Å². The lowest BCUT2D eigenvalue weighted by molar-refractivity contribution is -0.139. The Morgan fingerprint density at radius 1 is 1.23 bits per heavy atom. The second-order valence-electron chi connectivity index (χ2n) is 5.91. The number of hydrogen-bond acceptors (Lipinski definition) is 3. The zero-order chi connectivity index (χ0) is 15.7. The number of amides is 3. The molecule has 5 heteroatoms. The zero-order valence-corrected chi connectivity index (χ0v) is 12.7. The van der Waals surface area contributed by atoms with E-state index >= 15 is 0 Å². The number of para-hydroxylation sites is 1. The van der Waals surface area contributed by atoms with Crippen LogP contribution in [0.3, 0.4) is 0 Å². The number of carbonyl (C=O) groups is 3. The van der Waals surface area contributed by atoms with E-state index in [9.17, 15) is 14.4 Å². The van der Waals surface area contributed by atoms with Crippen molar-refractivity contribution in [3.8, 4) is 0 Å². The Morgan fingerprint density at radius 2 is 1.91 bits per heavy atom. The summed E-state index contributed by atoms with van der Waals surface area (Å²) in [7, 11) is 0. The van der Waals surface area contributed by atoms with Gasteiger partial charge >= 0.3 is 0 Å². The van der Waals surface area contributed by atoms with E-state index in [-0.39, 0.29) is 30.2 Å². The third-order valence-corrected chi connectivity index (χ3v) is 4.17.